The minimum atomic E-state index is -0.00453. The smallest absolute Gasteiger partial charge is 0.253 e. The molecule has 1 aromatic carbocycles. The van der Waals surface area contributed by atoms with E-state index in [0.29, 0.717) is 30.3 Å². The van der Waals surface area contributed by atoms with Crippen LogP contribution in [0.4, 0.5) is 0 Å². The molecular weight excluding hydrogens is 268 g/mol. The number of hydrogen-bond acceptors (Lipinski definition) is 4. The number of carbonyl (C=O) groups excluding carboxylic acids is 1. The molecule has 1 aromatic rings. The molecule has 0 heterocycles. The Hall–Kier alpha value is -1.75. The summed E-state index contributed by atoms with van der Waals surface area (Å²) >= 11 is 0. The third-order valence-electron chi connectivity index (χ3n) is 3.06. The standard InChI is InChI=1S/C16H26N2O3/c1-5-20-14-9-8-13(12-15(14)21-6-2)16(19)18(4)11-7-10-17-3/h8-9,12,17H,5-7,10-11H2,1-4H3. The van der Waals surface area contributed by atoms with Crippen LogP contribution in [-0.4, -0.2) is 51.2 Å². The van der Waals surface area contributed by atoms with Gasteiger partial charge in [0.1, 0.15) is 0 Å². The van der Waals surface area contributed by atoms with Crippen molar-refractivity contribution in [3.63, 3.8) is 0 Å². The number of benzene rings is 1. The molecule has 0 radical (unpaired) electrons. The van der Waals surface area contributed by atoms with Crippen LogP contribution in [0.3, 0.4) is 0 Å². The van der Waals surface area contributed by atoms with Gasteiger partial charge in [0, 0.05) is 19.2 Å². The van der Waals surface area contributed by atoms with Crippen LogP contribution in [0.1, 0.15) is 30.6 Å². The third-order valence-corrected chi connectivity index (χ3v) is 3.06. The fraction of sp³-hybridized carbons (Fsp3) is 0.562. The Morgan fingerprint density at radius 3 is 2.48 bits per heavy atom. The molecule has 0 aliphatic rings. The van der Waals surface area contributed by atoms with Gasteiger partial charge in [-0.05, 0) is 52.1 Å². The predicted octanol–water partition coefficient (Wildman–Crippen LogP) is 2.17. The van der Waals surface area contributed by atoms with Gasteiger partial charge < -0.3 is 19.7 Å². The number of hydrogen-bond donors (Lipinski definition) is 1. The molecule has 0 saturated heterocycles. The quantitative estimate of drug-likeness (QED) is 0.709. The zero-order valence-corrected chi connectivity index (χ0v) is 13.4. The lowest BCUT2D eigenvalue weighted by Gasteiger charge is -2.18. The highest BCUT2D eigenvalue weighted by molar-refractivity contribution is 5.94. The topological polar surface area (TPSA) is 50.8 Å². The molecule has 21 heavy (non-hydrogen) atoms. The van der Waals surface area contributed by atoms with Crippen LogP contribution in [-0.2, 0) is 0 Å². The van der Waals surface area contributed by atoms with Gasteiger partial charge in [-0.25, -0.2) is 0 Å². The molecule has 0 spiro atoms. The van der Waals surface area contributed by atoms with E-state index in [1.165, 1.54) is 0 Å². The Morgan fingerprint density at radius 1 is 1.19 bits per heavy atom. The van der Waals surface area contributed by atoms with E-state index >= 15 is 0 Å². The summed E-state index contributed by atoms with van der Waals surface area (Å²) in [6.45, 7) is 6.55. The number of carbonyl (C=O) groups is 1. The van der Waals surface area contributed by atoms with E-state index in [2.05, 4.69) is 5.32 Å². The summed E-state index contributed by atoms with van der Waals surface area (Å²) in [4.78, 5) is 14.1. The zero-order chi connectivity index (χ0) is 15.7. The summed E-state index contributed by atoms with van der Waals surface area (Å²) in [7, 11) is 3.72. The fourth-order valence-corrected chi connectivity index (χ4v) is 2.00. The molecule has 0 aromatic heterocycles. The summed E-state index contributed by atoms with van der Waals surface area (Å²) in [5, 5.41) is 3.07. The first-order valence-electron chi connectivity index (χ1n) is 7.43. The lowest BCUT2D eigenvalue weighted by atomic mass is 10.1. The Labute approximate surface area is 127 Å². The minimum Gasteiger partial charge on any atom is -0.490 e. The highest BCUT2D eigenvalue weighted by Crippen LogP contribution is 2.28. The van der Waals surface area contributed by atoms with Crippen LogP contribution in [0.5, 0.6) is 11.5 Å². The van der Waals surface area contributed by atoms with Crippen LogP contribution in [0, 0.1) is 0 Å². The molecule has 0 atom stereocenters. The van der Waals surface area contributed by atoms with Crippen molar-refractivity contribution in [3.8, 4) is 11.5 Å². The SMILES string of the molecule is CCOc1ccc(C(=O)N(C)CCCNC)cc1OCC. The first-order chi connectivity index (χ1) is 10.1. The van der Waals surface area contributed by atoms with Gasteiger partial charge in [-0.15, -0.1) is 0 Å². The van der Waals surface area contributed by atoms with Gasteiger partial charge in [-0.1, -0.05) is 0 Å². The molecule has 0 aliphatic heterocycles. The molecule has 0 bridgehead atoms. The maximum Gasteiger partial charge on any atom is 0.253 e. The molecule has 1 N–H and O–H groups in total. The highest BCUT2D eigenvalue weighted by Gasteiger charge is 2.14. The average Bonchev–Trinajstić information content (AvgIpc) is 2.49. The minimum absolute atomic E-state index is 0.00453. The van der Waals surface area contributed by atoms with E-state index in [-0.39, 0.29) is 5.91 Å². The predicted molar refractivity (Wildman–Crippen MR) is 84.3 cm³/mol. The second-order valence-corrected chi connectivity index (χ2v) is 4.71. The summed E-state index contributed by atoms with van der Waals surface area (Å²) in [5.41, 5.74) is 0.619. The van der Waals surface area contributed by atoms with Gasteiger partial charge in [0.25, 0.3) is 5.91 Å². The van der Waals surface area contributed by atoms with Crippen molar-refractivity contribution in [2.24, 2.45) is 0 Å². The number of nitrogens with one attached hydrogen (secondary N) is 1. The summed E-state index contributed by atoms with van der Waals surface area (Å²) < 4.78 is 11.1. The number of ether oxygens (including phenoxy) is 2. The second-order valence-electron chi connectivity index (χ2n) is 4.71. The first-order valence-corrected chi connectivity index (χ1v) is 7.43. The van der Waals surface area contributed by atoms with Crippen molar-refractivity contribution in [1.82, 2.24) is 10.2 Å². The largest absolute Gasteiger partial charge is 0.490 e. The number of rotatable bonds is 9. The van der Waals surface area contributed by atoms with Gasteiger partial charge >= 0.3 is 0 Å². The molecule has 0 fully saturated rings. The average molecular weight is 294 g/mol. The van der Waals surface area contributed by atoms with Gasteiger partial charge in [0.15, 0.2) is 11.5 Å². The third kappa shape index (κ3) is 5.27. The molecular formula is C16H26N2O3. The monoisotopic (exact) mass is 294 g/mol. The van der Waals surface area contributed by atoms with E-state index in [9.17, 15) is 4.79 Å². The van der Waals surface area contributed by atoms with E-state index in [1.54, 1.807) is 23.1 Å². The lowest BCUT2D eigenvalue weighted by molar-refractivity contribution is 0.0793. The van der Waals surface area contributed by atoms with Gasteiger partial charge in [-0.2, -0.15) is 0 Å². The highest BCUT2D eigenvalue weighted by atomic mass is 16.5. The van der Waals surface area contributed by atoms with Crippen LogP contribution >= 0.6 is 0 Å². The van der Waals surface area contributed by atoms with Crippen LogP contribution < -0.4 is 14.8 Å². The van der Waals surface area contributed by atoms with Crippen molar-refractivity contribution in [2.75, 3.05) is 40.4 Å². The Bertz CT molecular complexity index is 449. The van der Waals surface area contributed by atoms with Crippen LogP contribution in [0.2, 0.25) is 0 Å². The molecule has 118 valence electrons. The van der Waals surface area contributed by atoms with Gasteiger partial charge in [-0.3, -0.25) is 4.79 Å². The van der Waals surface area contributed by atoms with Crippen molar-refractivity contribution in [2.45, 2.75) is 20.3 Å². The molecule has 0 saturated carbocycles. The molecule has 0 unspecified atom stereocenters. The van der Waals surface area contributed by atoms with Crippen molar-refractivity contribution >= 4 is 5.91 Å². The maximum absolute atomic E-state index is 12.4. The summed E-state index contributed by atoms with van der Waals surface area (Å²) in [6.07, 6.45) is 0.925. The van der Waals surface area contributed by atoms with E-state index < -0.39 is 0 Å². The van der Waals surface area contributed by atoms with Crippen LogP contribution in [0.25, 0.3) is 0 Å². The molecule has 5 heteroatoms. The van der Waals surface area contributed by atoms with Crippen molar-refractivity contribution < 1.29 is 14.3 Å². The Morgan fingerprint density at radius 2 is 1.86 bits per heavy atom. The van der Waals surface area contributed by atoms with Gasteiger partial charge in [0.05, 0.1) is 13.2 Å². The molecule has 0 aliphatic carbocycles. The van der Waals surface area contributed by atoms with E-state index in [0.717, 1.165) is 19.5 Å². The van der Waals surface area contributed by atoms with Gasteiger partial charge in [0.2, 0.25) is 0 Å². The zero-order valence-electron chi connectivity index (χ0n) is 13.4. The Kier molecular flexibility index (Phi) is 7.61. The number of amides is 1. The lowest BCUT2D eigenvalue weighted by Crippen LogP contribution is -2.29. The van der Waals surface area contributed by atoms with E-state index in [1.807, 2.05) is 27.9 Å². The van der Waals surface area contributed by atoms with Crippen LogP contribution in [0.15, 0.2) is 18.2 Å². The summed E-state index contributed by atoms with van der Waals surface area (Å²) in [5.74, 6) is 1.29. The molecule has 5 nitrogen and oxygen atoms in total. The van der Waals surface area contributed by atoms with Crippen molar-refractivity contribution in [1.29, 1.82) is 0 Å². The maximum atomic E-state index is 12.4. The van der Waals surface area contributed by atoms with Crippen molar-refractivity contribution in [3.05, 3.63) is 23.8 Å². The van der Waals surface area contributed by atoms with E-state index in [4.69, 9.17) is 9.47 Å². The first kappa shape index (κ1) is 17.3. The molecule has 1 amide bonds. The molecule has 1 rings (SSSR count). The second kappa shape index (κ2) is 9.23. The normalized spacial score (nSPS) is 10.3. The Balaban J connectivity index is 2.81. The summed E-state index contributed by atoms with van der Waals surface area (Å²) in [6, 6.07) is 5.33. The fourth-order valence-electron chi connectivity index (χ4n) is 2.00. The number of nitrogens with zero attached hydrogens (tertiary/aromatic N) is 1.